The molecule has 0 spiro atoms. The third-order valence-electron chi connectivity index (χ3n) is 14.7. The molecule has 5 aromatic carbocycles. The number of carbonyl (C=O) groups is 3. The number of rotatable bonds is 26. The van der Waals surface area contributed by atoms with Gasteiger partial charge in [0, 0.05) is 38.6 Å². The molecule has 5 aromatic rings. The SMILES string of the molecule is COc1ccc(S(=O)(=O)N(C[C@@H](O)[C@H](Cc2ccccc2)NC(=O)OC(C)(C)C)OC2CCOCC2)cc1.COc1ccc(S(=O)(=O)N(C[C@@H](O)[C@H](Cc2ccccc2)NC(=O)OC2COCOC2)OC2CCOCC2)cc1.O=C(Oc1ccc([N+](=O)[O-])cc1)OC1COCOC1. The van der Waals surface area contributed by atoms with Gasteiger partial charge in [-0.05, 0) is 131 Å². The number of nitro groups is 1. The number of aliphatic hydroxyl groups excluding tert-OH is 2. The van der Waals surface area contributed by atoms with Gasteiger partial charge in [0.25, 0.3) is 25.7 Å². The highest BCUT2D eigenvalue weighted by molar-refractivity contribution is 7.89. The fourth-order valence-electron chi connectivity index (χ4n) is 9.64. The third kappa shape index (κ3) is 25.9. The van der Waals surface area contributed by atoms with Crippen LogP contribution in [0.4, 0.5) is 20.1 Å². The first-order valence-corrected chi connectivity index (χ1v) is 34.0. The summed E-state index contributed by atoms with van der Waals surface area (Å²) in [7, 11) is -5.40. The summed E-state index contributed by atoms with van der Waals surface area (Å²) in [6.45, 7) is 7.27. The molecule has 0 unspecified atom stereocenters. The van der Waals surface area contributed by atoms with E-state index in [0.717, 1.165) is 20.1 Å². The Kier molecular flexibility index (Phi) is 30.4. The number of nitrogens with zero attached hydrogens (tertiary/aromatic N) is 3. The van der Waals surface area contributed by atoms with Crippen LogP contribution in [0.25, 0.3) is 0 Å². The molecule has 32 heteroatoms. The van der Waals surface area contributed by atoms with Crippen LogP contribution in [0.3, 0.4) is 0 Å². The van der Waals surface area contributed by atoms with Crippen LogP contribution in [0.2, 0.25) is 0 Å². The van der Waals surface area contributed by atoms with Crippen LogP contribution >= 0.6 is 0 Å². The van der Waals surface area contributed by atoms with Gasteiger partial charge < -0.3 is 77.7 Å². The molecule has 532 valence electrons. The largest absolute Gasteiger partial charge is 0.514 e. The maximum absolute atomic E-state index is 13.7. The molecule has 4 saturated heterocycles. The van der Waals surface area contributed by atoms with Crippen LogP contribution in [0, 0.1) is 10.1 Å². The minimum atomic E-state index is -4.20. The Morgan fingerprint density at radius 3 is 1.31 bits per heavy atom. The van der Waals surface area contributed by atoms with Gasteiger partial charge >= 0.3 is 18.3 Å². The summed E-state index contributed by atoms with van der Waals surface area (Å²) in [4.78, 5) is 58.5. The van der Waals surface area contributed by atoms with E-state index in [1.54, 1.807) is 20.8 Å². The van der Waals surface area contributed by atoms with Crippen LogP contribution < -0.4 is 24.8 Å². The lowest BCUT2D eigenvalue weighted by atomic mass is 10.0. The van der Waals surface area contributed by atoms with Gasteiger partial charge in [-0.1, -0.05) is 69.6 Å². The van der Waals surface area contributed by atoms with Gasteiger partial charge in [0.2, 0.25) is 0 Å². The van der Waals surface area contributed by atoms with Crippen molar-refractivity contribution in [3.05, 3.63) is 155 Å². The smallest absolute Gasteiger partial charge is 0.497 e. The van der Waals surface area contributed by atoms with Crippen molar-refractivity contribution in [1.29, 1.82) is 0 Å². The number of sulfonamides is 2. The number of methoxy groups -OCH3 is 2. The molecule has 0 aliphatic carbocycles. The number of hydrogen-bond acceptors (Lipinski definition) is 25. The molecule has 9 rings (SSSR count). The van der Waals surface area contributed by atoms with Crippen LogP contribution in [-0.2, 0) is 85.2 Å². The van der Waals surface area contributed by atoms with Crippen LogP contribution in [-0.4, -0.2) is 207 Å². The average molecular weight is 1400 g/mol. The molecular formula is C65H85N5O25S2. The summed E-state index contributed by atoms with van der Waals surface area (Å²) in [5.74, 6) is 1.16. The minimum Gasteiger partial charge on any atom is -0.497 e. The van der Waals surface area contributed by atoms with E-state index in [0.29, 0.717) is 63.6 Å². The fraction of sp³-hybridized carbons (Fsp3) is 0.492. The van der Waals surface area contributed by atoms with Crippen molar-refractivity contribution in [3.63, 3.8) is 0 Å². The van der Waals surface area contributed by atoms with E-state index in [2.05, 4.69) is 10.6 Å². The number of nitrogens with one attached hydrogen (secondary N) is 2. The maximum atomic E-state index is 13.7. The monoisotopic (exact) mass is 1400 g/mol. The molecule has 4 atom stereocenters. The summed E-state index contributed by atoms with van der Waals surface area (Å²) < 4.78 is 118. The Bertz CT molecular complexity index is 3410. The van der Waals surface area contributed by atoms with Crippen LogP contribution in [0.1, 0.15) is 57.6 Å². The number of amides is 2. The van der Waals surface area contributed by atoms with E-state index >= 15 is 0 Å². The fourth-order valence-corrected chi connectivity index (χ4v) is 12.2. The number of nitro benzene ring substituents is 1. The molecule has 97 heavy (non-hydrogen) atoms. The molecule has 4 fully saturated rings. The lowest BCUT2D eigenvalue weighted by Gasteiger charge is -2.32. The molecule has 4 N–H and O–H groups in total. The van der Waals surface area contributed by atoms with Crippen molar-refractivity contribution in [1.82, 2.24) is 19.6 Å². The highest BCUT2D eigenvalue weighted by Crippen LogP contribution is 2.27. The lowest BCUT2D eigenvalue weighted by Crippen LogP contribution is -2.52. The number of aliphatic hydroxyl groups is 2. The maximum Gasteiger partial charge on any atom is 0.514 e. The van der Waals surface area contributed by atoms with Crippen molar-refractivity contribution in [2.45, 2.75) is 123 Å². The van der Waals surface area contributed by atoms with Crippen LogP contribution in [0.5, 0.6) is 17.2 Å². The van der Waals surface area contributed by atoms with Crippen molar-refractivity contribution in [3.8, 4) is 17.2 Å². The molecule has 4 heterocycles. The van der Waals surface area contributed by atoms with Crippen molar-refractivity contribution in [2.75, 3.05) is 93.8 Å². The van der Waals surface area contributed by atoms with Gasteiger partial charge in [-0.25, -0.2) is 31.2 Å². The quantitative estimate of drug-likeness (QED) is 0.0148. The Morgan fingerprint density at radius 2 is 0.928 bits per heavy atom. The van der Waals surface area contributed by atoms with E-state index in [1.165, 1.54) is 87.0 Å². The molecule has 0 saturated carbocycles. The van der Waals surface area contributed by atoms with E-state index < -0.39 is 111 Å². The average Bonchev–Trinajstić information content (AvgIpc) is 0.823. The summed E-state index contributed by atoms with van der Waals surface area (Å²) >= 11 is 0. The zero-order chi connectivity index (χ0) is 69.8. The molecule has 4 aliphatic heterocycles. The van der Waals surface area contributed by atoms with Crippen molar-refractivity contribution < 1.29 is 113 Å². The lowest BCUT2D eigenvalue weighted by molar-refractivity contribution is -0.384. The predicted molar refractivity (Wildman–Crippen MR) is 344 cm³/mol. The summed E-state index contributed by atoms with van der Waals surface area (Å²) in [5.41, 5.74) is 0.839. The molecule has 0 bridgehead atoms. The summed E-state index contributed by atoms with van der Waals surface area (Å²) in [6.07, 6.45) is -4.58. The first-order valence-electron chi connectivity index (χ1n) is 31.1. The Labute approximate surface area is 563 Å². The molecule has 2 amide bonds. The number of non-ortho nitro benzene ring substituents is 1. The first kappa shape index (κ1) is 76.7. The van der Waals surface area contributed by atoms with Gasteiger partial charge in [0.15, 0.2) is 12.2 Å². The van der Waals surface area contributed by atoms with E-state index in [9.17, 15) is 51.5 Å². The molecule has 4 aliphatic rings. The summed E-state index contributed by atoms with van der Waals surface area (Å²) in [5, 5.41) is 38.5. The zero-order valence-electron chi connectivity index (χ0n) is 54.5. The number of ether oxygens (including phenoxy) is 12. The van der Waals surface area contributed by atoms with Gasteiger partial charge in [-0.15, -0.1) is 0 Å². The molecule has 0 aromatic heterocycles. The van der Waals surface area contributed by atoms with E-state index in [-0.39, 0.29) is 74.1 Å². The van der Waals surface area contributed by atoms with Crippen molar-refractivity contribution in [2.24, 2.45) is 0 Å². The number of benzene rings is 5. The highest BCUT2D eigenvalue weighted by atomic mass is 32.2. The van der Waals surface area contributed by atoms with E-state index in [4.69, 9.17) is 66.5 Å². The molecular weight excluding hydrogens is 1310 g/mol. The van der Waals surface area contributed by atoms with Crippen LogP contribution in [0.15, 0.2) is 143 Å². The third-order valence-corrected chi connectivity index (χ3v) is 17.9. The number of hydrogen-bond donors (Lipinski definition) is 4. The second kappa shape index (κ2) is 38.5. The summed E-state index contributed by atoms with van der Waals surface area (Å²) in [6, 6.07) is 33.6. The normalized spacial score (nSPS) is 17.3. The highest BCUT2D eigenvalue weighted by Gasteiger charge is 2.37. The van der Waals surface area contributed by atoms with Gasteiger partial charge in [-0.3, -0.25) is 19.8 Å². The Morgan fingerprint density at radius 1 is 0.546 bits per heavy atom. The van der Waals surface area contributed by atoms with Gasteiger partial charge in [-0.2, -0.15) is 0 Å². The Balaban J connectivity index is 0.000000217. The second-order valence-corrected chi connectivity index (χ2v) is 26.9. The molecule has 30 nitrogen and oxygen atoms in total. The second-order valence-electron chi connectivity index (χ2n) is 23.3. The van der Waals surface area contributed by atoms with Gasteiger partial charge in [0.05, 0.1) is 105 Å². The molecule has 0 radical (unpaired) electrons. The topological polar surface area (TPSA) is 363 Å². The number of alkyl carbamates (subject to hydrolysis) is 2. The Hall–Kier alpha value is -7.67. The first-order chi connectivity index (χ1) is 46.5. The number of hydroxylamine groups is 2. The van der Waals surface area contributed by atoms with Crippen molar-refractivity contribution >= 4 is 44.1 Å². The van der Waals surface area contributed by atoms with E-state index in [1.807, 2.05) is 60.7 Å². The predicted octanol–water partition coefficient (Wildman–Crippen LogP) is 6.64. The van der Waals surface area contributed by atoms with Gasteiger partial charge in [0.1, 0.15) is 36.4 Å². The zero-order valence-corrected chi connectivity index (χ0v) is 56.1. The minimum absolute atomic E-state index is 0.0164. The number of carbonyl (C=O) groups excluding carboxylic acids is 3. The standard InChI is InChI=1S/C27H36N2O10S.C27H38N2O8S.C11H11NO7/c1-34-21-7-9-24(10-8-21)40(32,33)29(39-22-11-13-35-14-12-22)16-26(30)25(15-20-5-3-2-4-6-20)28-27(31)38-23-17-36-19-37-18-23;1-27(2,3)36-26(31)28-24(18-20-8-6-5-7-9-20)25(30)19-29(37-22-14-16-35-17-15-22)38(32,33)23-12-10-21(34-4)11-13-23;13-11(19-10-5-16-7-17-6-10)18-9-3-1-8(2-4-9)12(14)15/h2-10,22-23,25-26,30H,11-19H2,1H3,(H,28,31);5-13,22,24-25,30H,14-19H2,1-4H3,(H,28,31);1-4,10H,5-7H2/t25-,26+;24-,25+;/m00./s1.